The van der Waals surface area contributed by atoms with E-state index >= 15 is 0 Å². The Morgan fingerprint density at radius 1 is 1.08 bits per heavy atom. The van der Waals surface area contributed by atoms with Gasteiger partial charge >= 0.3 is 0 Å². The van der Waals surface area contributed by atoms with Gasteiger partial charge in [-0.15, -0.1) is 0 Å². The van der Waals surface area contributed by atoms with Crippen LogP contribution < -0.4 is 5.32 Å². The second kappa shape index (κ2) is 7.76. The fourth-order valence-corrected chi connectivity index (χ4v) is 3.93. The van der Waals surface area contributed by atoms with E-state index in [1.165, 1.54) is 35.5 Å². The lowest BCUT2D eigenvalue weighted by molar-refractivity contribution is -0.129. The summed E-state index contributed by atoms with van der Waals surface area (Å²) >= 11 is 0. The van der Waals surface area contributed by atoms with Gasteiger partial charge in [0.1, 0.15) is 0 Å². The Morgan fingerprint density at radius 3 is 2.17 bits per heavy atom. The number of carbonyl (C=O) groups is 2. The molecule has 8 heteroatoms. The molecule has 1 aliphatic heterocycles. The Bertz CT molecular complexity index is 693. The van der Waals surface area contributed by atoms with Crippen LogP contribution in [-0.4, -0.2) is 62.2 Å². The lowest BCUT2D eigenvalue weighted by Crippen LogP contribution is -2.49. The van der Waals surface area contributed by atoms with Crippen molar-refractivity contribution in [2.75, 3.05) is 32.7 Å². The number of carbonyl (C=O) groups excluding carboxylic acids is 2. The van der Waals surface area contributed by atoms with Gasteiger partial charge in [-0.05, 0) is 30.7 Å². The second-order valence-corrected chi connectivity index (χ2v) is 7.63. The highest BCUT2D eigenvalue weighted by molar-refractivity contribution is 7.89. The van der Waals surface area contributed by atoms with E-state index in [0.29, 0.717) is 25.2 Å². The molecule has 1 N–H and O–H groups in total. The maximum atomic E-state index is 12.6. The number of nitrogens with one attached hydrogen (secondary N) is 1. The first kappa shape index (κ1) is 18.4. The fourth-order valence-electron chi connectivity index (χ4n) is 2.51. The van der Waals surface area contributed by atoms with E-state index in [1.54, 1.807) is 4.90 Å². The summed E-state index contributed by atoms with van der Waals surface area (Å²) in [5.74, 6) is -0.259. The van der Waals surface area contributed by atoms with Crippen molar-refractivity contribution in [3.05, 3.63) is 29.8 Å². The van der Waals surface area contributed by atoms with Crippen molar-refractivity contribution in [1.29, 1.82) is 0 Å². The number of nitrogens with zero attached hydrogens (tertiary/aromatic N) is 2. The van der Waals surface area contributed by atoms with Crippen LogP contribution in [0.3, 0.4) is 0 Å². The van der Waals surface area contributed by atoms with Gasteiger partial charge in [-0.25, -0.2) is 8.42 Å². The van der Waals surface area contributed by atoms with E-state index in [1.807, 2.05) is 6.92 Å². The van der Waals surface area contributed by atoms with Gasteiger partial charge in [0.05, 0.1) is 4.90 Å². The fraction of sp³-hybridized carbons (Fsp3) is 0.500. The molecule has 1 aromatic rings. The second-order valence-electron chi connectivity index (χ2n) is 5.69. The zero-order chi connectivity index (χ0) is 17.7. The SMILES string of the molecule is CCCNC(=O)c1ccc(S(=O)(=O)N2CCN(C(C)=O)CC2)cc1. The molecule has 132 valence electrons. The van der Waals surface area contributed by atoms with E-state index in [-0.39, 0.29) is 29.8 Å². The smallest absolute Gasteiger partial charge is 0.251 e. The predicted octanol–water partition coefficient (Wildman–Crippen LogP) is 0.679. The number of piperazine rings is 1. The van der Waals surface area contributed by atoms with Crippen LogP contribution in [-0.2, 0) is 14.8 Å². The van der Waals surface area contributed by atoms with E-state index in [2.05, 4.69) is 5.32 Å². The summed E-state index contributed by atoms with van der Waals surface area (Å²) in [4.78, 5) is 25.0. The Kier molecular flexibility index (Phi) is 5.95. The van der Waals surface area contributed by atoms with E-state index in [0.717, 1.165) is 6.42 Å². The molecule has 0 saturated carbocycles. The first-order chi connectivity index (χ1) is 11.4. The first-order valence-electron chi connectivity index (χ1n) is 8.00. The summed E-state index contributed by atoms with van der Waals surface area (Å²) in [7, 11) is -3.61. The molecule has 0 bridgehead atoms. The average Bonchev–Trinajstić information content (AvgIpc) is 2.59. The van der Waals surface area contributed by atoms with Gasteiger partial charge in [-0.2, -0.15) is 4.31 Å². The molecule has 2 amide bonds. The van der Waals surface area contributed by atoms with Gasteiger partial charge in [0.15, 0.2) is 0 Å². The molecule has 2 rings (SSSR count). The van der Waals surface area contributed by atoms with Gasteiger partial charge < -0.3 is 10.2 Å². The average molecular weight is 353 g/mol. The van der Waals surface area contributed by atoms with E-state index in [4.69, 9.17) is 0 Å². The van der Waals surface area contributed by atoms with Gasteiger partial charge in [0.2, 0.25) is 15.9 Å². The van der Waals surface area contributed by atoms with Crippen molar-refractivity contribution in [3.8, 4) is 0 Å². The minimum Gasteiger partial charge on any atom is -0.352 e. The molecule has 7 nitrogen and oxygen atoms in total. The zero-order valence-corrected chi connectivity index (χ0v) is 14.8. The van der Waals surface area contributed by atoms with Crippen LogP contribution in [0.1, 0.15) is 30.6 Å². The lowest BCUT2D eigenvalue weighted by atomic mass is 10.2. The van der Waals surface area contributed by atoms with Gasteiger partial charge in [0, 0.05) is 45.2 Å². The highest BCUT2D eigenvalue weighted by atomic mass is 32.2. The maximum absolute atomic E-state index is 12.6. The Labute approximate surface area is 142 Å². The number of hydrogen-bond acceptors (Lipinski definition) is 4. The Balaban J connectivity index is 2.07. The maximum Gasteiger partial charge on any atom is 0.251 e. The molecule has 0 aliphatic carbocycles. The summed E-state index contributed by atoms with van der Waals surface area (Å²) in [5, 5.41) is 2.75. The molecule has 1 fully saturated rings. The van der Waals surface area contributed by atoms with Crippen LogP contribution >= 0.6 is 0 Å². The Hall–Kier alpha value is -1.93. The number of sulfonamides is 1. The molecule has 1 aromatic carbocycles. The van der Waals surface area contributed by atoms with Crippen molar-refractivity contribution in [1.82, 2.24) is 14.5 Å². The van der Waals surface area contributed by atoms with Crippen LogP contribution in [0, 0.1) is 0 Å². The summed E-state index contributed by atoms with van der Waals surface area (Å²) in [6.45, 7) is 5.37. The third kappa shape index (κ3) is 4.12. The van der Waals surface area contributed by atoms with Crippen LogP contribution in [0.25, 0.3) is 0 Å². The van der Waals surface area contributed by atoms with Crippen molar-refractivity contribution < 1.29 is 18.0 Å². The summed E-state index contributed by atoms with van der Waals surface area (Å²) < 4.78 is 26.7. The highest BCUT2D eigenvalue weighted by Gasteiger charge is 2.29. The predicted molar refractivity (Wildman–Crippen MR) is 90.1 cm³/mol. The molecule has 0 spiro atoms. The van der Waals surface area contributed by atoms with E-state index in [9.17, 15) is 18.0 Å². The van der Waals surface area contributed by atoms with Gasteiger partial charge in [-0.1, -0.05) is 6.92 Å². The van der Waals surface area contributed by atoms with Gasteiger partial charge in [-0.3, -0.25) is 9.59 Å². The summed E-state index contributed by atoms with van der Waals surface area (Å²) in [6, 6.07) is 5.94. The van der Waals surface area contributed by atoms with Crippen molar-refractivity contribution in [3.63, 3.8) is 0 Å². The lowest BCUT2D eigenvalue weighted by Gasteiger charge is -2.33. The van der Waals surface area contributed by atoms with Crippen LogP contribution in [0.4, 0.5) is 0 Å². The minimum absolute atomic E-state index is 0.0468. The Morgan fingerprint density at radius 2 is 1.67 bits per heavy atom. The van der Waals surface area contributed by atoms with Crippen molar-refractivity contribution >= 4 is 21.8 Å². The quantitative estimate of drug-likeness (QED) is 0.843. The normalized spacial score (nSPS) is 16.0. The molecular formula is C16H23N3O4S. The number of hydrogen-bond donors (Lipinski definition) is 1. The first-order valence-corrected chi connectivity index (χ1v) is 9.44. The van der Waals surface area contributed by atoms with Crippen LogP contribution in [0.2, 0.25) is 0 Å². The van der Waals surface area contributed by atoms with Crippen molar-refractivity contribution in [2.45, 2.75) is 25.2 Å². The molecule has 1 saturated heterocycles. The topological polar surface area (TPSA) is 86.8 Å². The summed E-state index contributed by atoms with van der Waals surface area (Å²) in [5.41, 5.74) is 0.434. The largest absolute Gasteiger partial charge is 0.352 e. The molecule has 24 heavy (non-hydrogen) atoms. The molecule has 0 unspecified atom stereocenters. The van der Waals surface area contributed by atoms with Gasteiger partial charge in [0.25, 0.3) is 5.91 Å². The third-order valence-electron chi connectivity index (χ3n) is 3.97. The molecule has 0 atom stereocenters. The van der Waals surface area contributed by atoms with Crippen LogP contribution in [0.5, 0.6) is 0 Å². The minimum atomic E-state index is -3.61. The van der Waals surface area contributed by atoms with E-state index < -0.39 is 10.0 Å². The molecular weight excluding hydrogens is 330 g/mol. The molecule has 1 aliphatic rings. The van der Waals surface area contributed by atoms with Crippen LogP contribution in [0.15, 0.2) is 29.2 Å². The summed E-state index contributed by atoms with van der Waals surface area (Å²) in [6.07, 6.45) is 0.838. The van der Waals surface area contributed by atoms with Crippen molar-refractivity contribution in [2.24, 2.45) is 0 Å². The number of amides is 2. The molecule has 0 radical (unpaired) electrons. The molecule has 1 heterocycles. The monoisotopic (exact) mass is 353 g/mol. The number of rotatable bonds is 5. The zero-order valence-electron chi connectivity index (χ0n) is 14.0. The highest BCUT2D eigenvalue weighted by Crippen LogP contribution is 2.18. The third-order valence-corrected chi connectivity index (χ3v) is 5.89. The standard InChI is InChI=1S/C16H23N3O4S/c1-3-8-17-16(21)14-4-6-15(7-5-14)24(22,23)19-11-9-18(10-12-19)13(2)20/h4-7H,3,8-12H2,1-2H3,(H,17,21). The molecule has 0 aromatic heterocycles. The number of benzene rings is 1.